The molecule has 3 heterocycles. The number of furan rings is 1. The van der Waals surface area contributed by atoms with Gasteiger partial charge in [-0.15, -0.1) is 0 Å². The van der Waals surface area contributed by atoms with Gasteiger partial charge in [0.15, 0.2) is 5.82 Å². The van der Waals surface area contributed by atoms with Crippen molar-refractivity contribution in [2.45, 2.75) is 38.3 Å². The standard InChI is InChI=1S/C18H24N4O3/c1-13(12-15(23)16-7-5-11-25-16)20-18(24)21-14-6-4-8-19-17(14)22-9-2-3-10-22/h4-8,11,13,15,23H,2-3,9-10,12H2,1H3,(H2,20,21,24). The highest BCUT2D eigenvalue weighted by atomic mass is 16.4. The number of rotatable bonds is 6. The highest BCUT2D eigenvalue weighted by Crippen LogP contribution is 2.26. The zero-order valence-electron chi connectivity index (χ0n) is 14.3. The molecule has 2 aromatic rings. The Kier molecular flexibility index (Phi) is 5.55. The molecule has 1 aliphatic heterocycles. The van der Waals surface area contributed by atoms with E-state index >= 15 is 0 Å². The van der Waals surface area contributed by atoms with E-state index < -0.39 is 6.10 Å². The molecule has 7 nitrogen and oxygen atoms in total. The third kappa shape index (κ3) is 4.51. The first-order chi connectivity index (χ1) is 12.1. The maximum atomic E-state index is 12.3. The van der Waals surface area contributed by atoms with Gasteiger partial charge in [0.05, 0.1) is 12.0 Å². The van der Waals surface area contributed by atoms with Gasteiger partial charge in [0.2, 0.25) is 0 Å². The number of urea groups is 1. The fraction of sp³-hybridized carbons (Fsp3) is 0.444. The minimum Gasteiger partial charge on any atom is -0.467 e. The van der Waals surface area contributed by atoms with Gasteiger partial charge in [0.1, 0.15) is 11.9 Å². The molecule has 134 valence electrons. The van der Waals surface area contributed by atoms with Crippen molar-refractivity contribution in [2.75, 3.05) is 23.3 Å². The molecule has 3 rings (SSSR count). The summed E-state index contributed by atoms with van der Waals surface area (Å²) in [4.78, 5) is 18.9. The van der Waals surface area contributed by atoms with Crippen LogP contribution in [0.25, 0.3) is 0 Å². The second-order valence-corrected chi connectivity index (χ2v) is 6.34. The molecule has 0 radical (unpaired) electrons. The highest BCUT2D eigenvalue weighted by Gasteiger charge is 2.19. The molecule has 0 spiro atoms. The number of nitrogens with zero attached hydrogens (tertiary/aromatic N) is 2. The van der Waals surface area contributed by atoms with Crippen LogP contribution < -0.4 is 15.5 Å². The van der Waals surface area contributed by atoms with Crippen LogP contribution in [0.5, 0.6) is 0 Å². The first kappa shape index (κ1) is 17.3. The van der Waals surface area contributed by atoms with Gasteiger partial charge in [0, 0.05) is 31.7 Å². The van der Waals surface area contributed by atoms with Gasteiger partial charge in [-0.2, -0.15) is 0 Å². The van der Waals surface area contributed by atoms with Crippen molar-refractivity contribution in [3.63, 3.8) is 0 Å². The average Bonchev–Trinajstić information content (AvgIpc) is 3.29. The van der Waals surface area contributed by atoms with Gasteiger partial charge < -0.3 is 25.1 Å². The van der Waals surface area contributed by atoms with Crippen LogP contribution in [0.2, 0.25) is 0 Å². The van der Waals surface area contributed by atoms with Gasteiger partial charge in [-0.25, -0.2) is 9.78 Å². The molecule has 3 N–H and O–H groups in total. The number of amides is 2. The van der Waals surface area contributed by atoms with Crippen molar-refractivity contribution in [1.82, 2.24) is 10.3 Å². The fourth-order valence-electron chi connectivity index (χ4n) is 3.05. The summed E-state index contributed by atoms with van der Waals surface area (Å²) in [6, 6.07) is 6.57. The lowest BCUT2D eigenvalue weighted by atomic mass is 10.1. The lowest BCUT2D eigenvalue weighted by Crippen LogP contribution is -2.37. The van der Waals surface area contributed by atoms with Gasteiger partial charge >= 0.3 is 6.03 Å². The van der Waals surface area contributed by atoms with Crippen molar-refractivity contribution in [1.29, 1.82) is 0 Å². The van der Waals surface area contributed by atoms with E-state index in [2.05, 4.69) is 20.5 Å². The Labute approximate surface area is 147 Å². The smallest absolute Gasteiger partial charge is 0.319 e. The Bertz CT molecular complexity index is 683. The largest absolute Gasteiger partial charge is 0.467 e. The number of anilines is 2. The molecule has 2 amide bonds. The Morgan fingerprint density at radius 3 is 2.88 bits per heavy atom. The minimum atomic E-state index is -0.746. The van der Waals surface area contributed by atoms with E-state index in [0.29, 0.717) is 17.9 Å². The van der Waals surface area contributed by atoms with E-state index in [1.54, 1.807) is 24.4 Å². The Morgan fingerprint density at radius 1 is 1.36 bits per heavy atom. The molecule has 0 bridgehead atoms. The highest BCUT2D eigenvalue weighted by molar-refractivity contribution is 5.92. The summed E-state index contributed by atoms with van der Waals surface area (Å²) >= 11 is 0. The molecular weight excluding hydrogens is 320 g/mol. The lowest BCUT2D eigenvalue weighted by molar-refractivity contribution is 0.130. The summed E-state index contributed by atoms with van der Waals surface area (Å²) in [5, 5.41) is 15.8. The summed E-state index contributed by atoms with van der Waals surface area (Å²) in [6.45, 7) is 3.76. The van der Waals surface area contributed by atoms with Crippen molar-refractivity contribution >= 4 is 17.5 Å². The zero-order valence-corrected chi connectivity index (χ0v) is 14.3. The third-order valence-electron chi connectivity index (χ3n) is 4.27. The quantitative estimate of drug-likeness (QED) is 0.749. The number of hydrogen-bond acceptors (Lipinski definition) is 5. The van der Waals surface area contributed by atoms with E-state index in [-0.39, 0.29) is 12.1 Å². The van der Waals surface area contributed by atoms with Gasteiger partial charge in [0.25, 0.3) is 0 Å². The maximum Gasteiger partial charge on any atom is 0.319 e. The molecule has 1 aliphatic rings. The Morgan fingerprint density at radius 2 is 2.16 bits per heavy atom. The van der Waals surface area contributed by atoms with E-state index in [4.69, 9.17) is 4.42 Å². The van der Waals surface area contributed by atoms with Crippen molar-refractivity contribution < 1.29 is 14.3 Å². The number of aliphatic hydroxyl groups is 1. The number of carbonyl (C=O) groups is 1. The predicted octanol–water partition coefficient (Wildman–Crippen LogP) is 2.91. The van der Waals surface area contributed by atoms with Crippen LogP contribution in [0.4, 0.5) is 16.3 Å². The molecule has 0 saturated carbocycles. The van der Waals surface area contributed by atoms with E-state index in [0.717, 1.165) is 31.7 Å². The van der Waals surface area contributed by atoms with Gasteiger partial charge in [-0.3, -0.25) is 0 Å². The Hall–Kier alpha value is -2.54. The van der Waals surface area contributed by atoms with Crippen LogP contribution in [0.3, 0.4) is 0 Å². The minimum absolute atomic E-state index is 0.216. The summed E-state index contributed by atoms with van der Waals surface area (Å²) in [5.74, 6) is 1.30. The number of aromatic nitrogens is 1. The predicted molar refractivity (Wildman–Crippen MR) is 95.6 cm³/mol. The average molecular weight is 344 g/mol. The lowest BCUT2D eigenvalue weighted by Gasteiger charge is -2.21. The number of nitrogens with one attached hydrogen (secondary N) is 2. The van der Waals surface area contributed by atoms with Crippen LogP contribution in [-0.4, -0.2) is 35.3 Å². The van der Waals surface area contributed by atoms with Crippen LogP contribution >= 0.6 is 0 Å². The second-order valence-electron chi connectivity index (χ2n) is 6.34. The molecule has 1 fully saturated rings. The number of carbonyl (C=O) groups excluding carboxylic acids is 1. The normalized spacial score (nSPS) is 16.5. The monoisotopic (exact) mass is 344 g/mol. The third-order valence-corrected chi connectivity index (χ3v) is 4.27. The fourth-order valence-corrected chi connectivity index (χ4v) is 3.05. The number of hydrogen-bond donors (Lipinski definition) is 3. The SMILES string of the molecule is CC(CC(O)c1ccco1)NC(=O)Nc1cccnc1N1CCCC1. The van der Waals surface area contributed by atoms with Crippen LogP contribution in [0, 0.1) is 0 Å². The molecule has 1 saturated heterocycles. The number of aliphatic hydroxyl groups excluding tert-OH is 1. The molecule has 2 atom stereocenters. The summed E-state index contributed by atoms with van der Waals surface area (Å²) in [5.41, 5.74) is 0.695. The molecule has 0 aromatic carbocycles. The van der Waals surface area contributed by atoms with Gasteiger partial charge in [-0.05, 0) is 44.0 Å². The van der Waals surface area contributed by atoms with Crippen LogP contribution in [-0.2, 0) is 0 Å². The van der Waals surface area contributed by atoms with E-state index in [1.807, 2.05) is 13.0 Å². The van der Waals surface area contributed by atoms with Crippen LogP contribution in [0.15, 0.2) is 41.1 Å². The molecule has 7 heteroatoms. The first-order valence-electron chi connectivity index (χ1n) is 8.62. The molecule has 2 aromatic heterocycles. The zero-order chi connectivity index (χ0) is 17.6. The van der Waals surface area contributed by atoms with Crippen molar-refractivity contribution in [3.05, 3.63) is 42.5 Å². The second kappa shape index (κ2) is 8.02. The maximum absolute atomic E-state index is 12.3. The number of pyridine rings is 1. The summed E-state index contributed by atoms with van der Waals surface area (Å²) in [7, 11) is 0. The van der Waals surface area contributed by atoms with Gasteiger partial charge in [-0.1, -0.05) is 0 Å². The van der Waals surface area contributed by atoms with Crippen molar-refractivity contribution in [2.24, 2.45) is 0 Å². The first-order valence-corrected chi connectivity index (χ1v) is 8.62. The molecule has 0 aliphatic carbocycles. The topological polar surface area (TPSA) is 90.6 Å². The molecule has 2 unspecified atom stereocenters. The van der Waals surface area contributed by atoms with E-state index in [1.165, 1.54) is 6.26 Å². The summed E-state index contributed by atoms with van der Waals surface area (Å²) in [6.07, 6.45) is 5.16. The molecular formula is C18H24N4O3. The Balaban J connectivity index is 1.55. The summed E-state index contributed by atoms with van der Waals surface area (Å²) < 4.78 is 5.18. The van der Waals surface area contributed by atoms with E-state index in [9.17, 15) is 9.90 Å². The molecule has 25 heavy (non-hydrogen) atoms. The van der Waals surface area contributed by atoms with Crippen molar-refractivity contribution in [3.8, 4) is 0 Å². The van der Waals surface area contributed by atoms with Crippen LogP contribution in [0.1, 0.15) is 38.1 Å².